The standard InChI is InChI=1S/C23H21Cl2N3OS2/c1-27(2)23(29)17-8-7-16(13-19(17)25)21-14-26-22(30-21)15-9-11-28(12-10-15)31-20-6-4-3-5-18(20)24/h3-9,13-14H,10-12H2,1-2H3. The molecule has 8 heteroatoms. The van der Waals surface area contributed by atoms with Gasteiger partial charge in [-0.15, -0.1) is 11.3 Å². The van der Waals surface area contributed by atoms with Crippen LogP contribution < -0.4 is 0 Å². The van der Waals surface area contributed by atoms with E-state index >= 15 is 0 Å². The molecule has 4 nitrogen and oxygen atoms in total. The van der Waals surface area contributed by atoms with Gasteiger partial charge in [0.2, 0.25) is 0 Å². The first-order valence-corrected chi connectivity index (χ1v) is 12.1. The Hall–Kier alpha value is -1.83. The number of hydrogen-bond acceptors (Lipinski definition) is 5. The van der Waals surface area contributed by atoms with Crippen molar-refractivity contribution >= 4 is 58.0 Å². The van der Waals surface area contributed by atoms with E-state index in [1.54, 1.807) is 43.4 Å². The zero-order chi connectivity index (χ0) is 22.0. The largest absolute Gasteiger partial charge is 0.345 e. The number of aromatic nitrogens is 1. The monoisotopic (exact) mass is 489 g/mol. The molecule has 0 unspecified atom stereocenters. The smallest absolute Gasteiger partial charge is 0.254 e. The van der Waals surface area contributed by atoms with Crippen molar-refractivity contribution < 1.29 is 4.79 Å². The Morgan fingerprint density at radius 2 is 1.97 bits per heavy atom. The van der Waals surface area contributed by atoms with E-state index in [1.165, 1.54) is 10.5 Å². The molecule has 0 spiro atoms. The number of carbonyl (C=O) groups is 1. The van der Waals surface area contributed by atoms with E-state index in [-0.39, 0.29) is 5.91 Å². The minimum absolute atomic E-state index is 0.104. The van der Waals surface area contributed by atoms with Gasteiger partial charge in [0.25, 0.3) is 5.91 Å². The fourth-order valence-electron chi connectivity index (χ4n) is 3.22. The van der Waals surface area contributed by atoms with E-state index in [0.717, 1.165) is 44.9 Å². The third-order valence-electron chi connectivity index (χ3n) is 4.91. The van der Waals surface area contributed by atoms with E-state index in [4.69, 9.17) is 23.2 Å². The molecule has 1 aliphatic rings. The second-order valence-electron chi connectivity index (χ2n) is 7.31. The van der Waals surface area contributed by atoms with Crippen molar-refractivity contribution in [3.05, 3.63) is 75.4 Å². The van der Waals surface area contributed by atoms with Crippen molar-refractivity contribution in [2.75, 3.05) is 27.2 Å². The minimum atomic E-state index is -0.104. The molecule has 0 bridgehead atoms. The summed E-state index contributed by atoms with van der Waals surface area (Å²) in [6.07, 6.45) is 5.05. The summed E-state index contributed by atoms with van der Waals surface area (Å²) in [4.78, 5) is 20.5. The van der Waals surface area contributed by atoms with Crippen LogP contribution in [0.25, 0.3) is 16.0 Å². The number of nitrogens with zero attached hydrogens (tertiary/aromatic N) is 3. The number of hydrogen-bond donors (Lipinski definition) is 0. The number of benzene rings is 2. The fourth-order valence-corrected chi connectivity index (χ4v) is 5.61. The van der Waals surface area contributed by atoms with Gasteiger partial charge in [-0.3, -0.25) is 4.79 Å². The van der Waals surface area contributed by atoms with Gasteiger partial charge in [-0.1, -0.05) is 47.5 Å². The predicted octanol–water partition coefficient (Wildman–Crippen LogP) is 6.62. The Bertz CT molecular complexity index is 1140. The van der Waals surface area contributed by atoms with Crippen molar-refractivity contribution in [2.45, 2.75) is 11.3 Å². The predicted molar refractivity (Wildman–Crippen MR) is 132 cm³/mol. The maximum atomic E-state index is 12.2. The van der Waals surface area contributed by atoms with Gasteiger partial charge in [-0.05, 0) is 53.8 Å². The fraction of sp³-hybridized carbons (Fsp3) is 0.217. The average Bonchev–Trinajstić information content (AvgIpc) is 3.25. The van der Waals surface area contributed by atoms with E-state index in [9.17, 15) is 4.79 Å². The van der Waals surface area contributed by atoms with Crippen LogP contribution in [0.5, 0.6) is 0 Å². The lowest BCUT2D eigenvalue weighted by atomic mass is 10.1. The molecule has 0 atom stereocenters. The lowest BCUT2D eigenvalue weighted by molar-refractivity contribution is 0.0828. The molecule has 1 aromatic heterocycles. The molecular weight excluding hydrogens is 469 g/mol. The van der Waals surface area contributed by atoms with Crippen molar-refractivity contribution in [3.63, 3.8) is 0 Å². The Labute approximate surface area is 200 Å². The Morgan fingerprint density at radius 3 is 2.65 bits per heavy atom. The molecule has 0 fully saturated rings. The SMILES string of the molecule is CN(C)C(=O)c1ccc(-c2cnc(C3=CCN(Sc4ccccc4Cl)CC3)s2)cc1Cl. The zero-order valence-electron chi connectivity index (χ0n) is 17.1. The molecule has 0 aliphatic carbocycles. The van der Waals surface area contributed by atoms with Crippen LogP contribution in [0.2, 0.25) is 10.0 Å². The zero-order valence-corrected chi connectivity index (χ0v) is 20.3. The quantitative estimate of drug-likeness (QED) is 0.377. The maximum Gasteiger partial charge on any atom is 0.254 e. The van der Waals surface area contributed by atoms with Crippen LogP contribution in [0, 0.1) is 0 Å². The number of halogens is 2. The molecule has 0 saturated heterocycles. The van der Waals surface area contributed by atoms with Gasteiger partial charge in [-0.25, -0.2) is 9.29 Å². The molecule has 0 saturated carbocycles. The van der Waals surface area contributed by atoms with Crippen molar-refractivity contribution in [1.82, 2.24) is 14.2 Å². The highest BCUT2D eigenvalue weighted by Crippen LogP contribution is 2.36. The molecule has 2 aromatic carbocycles. The van der Waals surface area contributed by atoms with E-state index in [1.807, 2.05) is 42.6 Å². The summed E-state index contributed by atoms with van der Waals surface area (Å²) in [5.41, 5.74) is 2.74. The van der Waals surface area contributed by atoms with Crippen LogP contribution in [0.3, 0.4) is 0 Å². The molecule has 4 rings (SSSR count). The summed E-state index contributed by atoms with van der Waals surface area (Å²) in [5.74, 6) is -0.104. The van der Waals surface area contributed by atoms with Gasteiger partial charge in [0, 0.05) is 38.3 Å². The van der Waals surface area contributed by atoms with Gasteiger partial charge in [-0.2, -0.15) is 0 Å². The van der Waals surface area contributed by atoms with Gasteiger partial charge in [0.05, 0.1) is 20.5 Å². The average molecular weight is 490 g/mol. The molecule has 1 aliphatic heterocycles. The summed E-state index contributed by atoms with van der Waals surface area (Å²) in [6.45, 7) is 1.77. The van der Waals surface area contributed by atoms with Crippen LogP contribution in [0.1, 0.15) is 21.8 Å². The highest BCUT2D eigenvalue weighted by Gasteiger charge is 2.18. The van der Waals surface area contributed by atoms with Crippen LogP contribution in [0.15, 0.2) is 59.6 Å². The molecule has 160 valence electrons. The minimum Gasteiger partial charge on any atom is -0.345 e. The van der Waals surface area contributed by atoms with E-state index < -0.39 is 0 Å². The van der Waals surface area contributed by atoms with Gasteiger partial charge < -0.3 is 4.90 Å². The Morgan fingerprint density at radius 1 is 1.16 bits per heavy atom. The molecule has 1 amide bonds. The molecule has 31 heavy (non-hydrogen) atoms. The van der Waals surface area contributed by atoms with Crippen molar-refractivity contribution in [2.24, 2.45) is 0 Å². The summed E-state index contributed by atoms with van der Waals surface area (Å²) < 4.78 is 2.31. The molecule has 3 aromatic rings. The summed E-state index contributed by atoms with van der Waals surface area (Å²) >= 11 is 16.0. The van der Waals surface area contributed by atoms with Crippen LogP contribution >= 0.6 is 46.5 Å². The first-order valence-electron chi connectivity index (χ1n) is 9.76. The Kier molecular flexibility index (Phi) is 7.04. The van der Waals surface area contributed by atoms with Gasteiger partial charge in [0.15, 0.2) is 0 Å². The first-order chi connectivity index (χ1) is 14.9. The van der Waals surface area contributed by atoms with Crippen molar-refractivity contribution in [3.8, 4) is 10.4 Å². The number of amides is 1. The number of rotatable bonds is 5. The van der Waals surface area contributed by atoms with E-state index in [2.05, 4.69) is 15.4 Å². The van der Waals surface area contributed by atoms with Crippen molar-refractivity contribution in [1.29, 1.82) is 0 Å². The maximum absolute atomic E-state index is 12.2. The summed E-state index contributed by atoms with van der Waals surface area (Å²) in [7, 11) is 3.43. The molecule has 0 N–H and O–H groups in total. The highest BCUT2D eigenvalue weighted by molar-refractivity contribution is 7.97. The van der Waals surface area contributed by atoms with Crippen LogP contribution in [-0.2, 0) is 0 Å². The van der Waals surface area contributed by atoms with Crippen LogP contribution in [0.4, 0.5) is 0 Å². The normalized spacial score (nSPS) is 14.4. The second kappa shape index (κ2) is 9.76. The lowest BCUT2D eigenvalue weighted by Gasteiger charge is -2.24. The highest BCUT2D eigenvalue weighted by atomic mass is 35.5. The van der Waals surface area contributed by atoms with Crippen LogP contribution in [-0.4, -0.2) is 47.3 Å². The lowest BCUT2D eigenvalue weighted by Crippen LogP contribution is -2.21. The number of thiazole rings is 1. The van der Waals surface area contributed by atoms with Gasteiger partial charge in [0.1, 0.15) is 5.01 Å². The number of carbonyl (C=O) groups excluding carboxylic acids is 1. The Balaban J connectivity index is 1.46. The summed E-state index contributed by atoms with van der Waals surface area (Å²) in [5, 5.41) is 2.26. The van der Waals surface area contributed by atoms with E-state index in [0.29, 0.717) is 10.6 Å². The molecular formula is C23H21Cl2N3OS2. The summed E-state index contributed by atoms with van der Waals surface area (Å²) in [6, 6.07) is 13.5. The topological polar surface area (TPSA) is 36.4 Å². The molecule has 2 heterocycles. The third-order valence-corrected chi connectivity index (χ3v) is 7.93. The molecule has 0 radical (unpaired) electrons. The second-order valence-corrected chi connectivity index (χ2v) is 10.3. The first kappa shape index (κ1) is 22.4. The van der Waals surface area contributed by atoms with Gasteiger partial charge >= 0.3 is 0 Å². The third kappa shape index (κ3) is 5.16.